The van der Waals surface area contributed by atoms with Crippen molar-refractivity contribution in [3.63, 3.8) is 0 Å². The lowest BCUT2D eigenvalue weighted by molar-refractivity contribution is 0.0986. The van der Waals surface area contributed by atoms with Crippen LogP contribution in [-0.4, -0.2) is 12.1 Å². The third-order valence-electron chi connectivity index (χ3n) is 3.69. The molecule has 0 heterocycles. The molecule has 1 fully saturated rings. The molecular formula is C16H25NO. The average Bonchev–Trinajstić information content (AvgIpc) is 2.26. The number of rotatable bonds is 3. The van der Waals surface area contributed by atoms with Crippen molar-refractivity contribution in [2.24, 2.45) is 5.73 Å². The van der Waals surface area contributed by atoms with Gasteiger partial charge in [-0.1, -0.05) is 39.8 Å². The molecule has 2 N–H and O–H groups in total. The first-order valence-corrected chi connectivity index (χ1v) is 6.95. The molecule has 0 saturated heterocycles. The normalized spacial score (nSPS) is 23.6. The van der Waals surface area contributed by atoms with Gasteiger partial charge in [0.1, 0.15) is 11.9 Å². The van der Waals surface area contributed by atoms with Gasteiger partial charge in [-0.05, 0) is 41.9 Å². The zero-order chi connectivity index (χ0) is 13.3. The Morgan fingerprint density at radius 1 is 1.28 bits per heavy atom. The lowest BCUT2D eigenvalue weighted by atomic mass is 9.84. The van der Waals surface area contributed by atoms with Crippen molar-refractivity contribution >= 4 is 0 Å². The molecule has 0 spiro atoms. The monoisotopic (exact) mass is 247 g/mol. The Morgan fingerprint density at radius 3 is 2.44 bits per heavy atom. The molecule has 1 saturated carbocycles. The van der Waals surface area contributed by atoms with Gasteiger partial charge in [0.2, 0.25) is 0 Å². The van der Waals surface area contributed by atoms with Crippen LogP contribution in [0.5, 0.6) is 5.75 Å². The Hall–Kier alpha value is -1.02. The molecule has 1 aliphatic carbocycles. The second kappa shape index (κ2) is 4.93. The highest BCUT2D eigenvalue weighted by Gasteiger charge is 2.29. The summed E-state index contributed by atoms with van der Waals surface area (Å²) < 4.78 is 6.10. The van der Waals surface area contributed by atoms with E-state index in [0.29, 0.717) is 12.1 Å². The van der Waals surface area contributed by atoms with Crippen molar-refractivity contribution in [3.8, 4) is 5.75 Å². The second-order valence-electron chi connectivity index (χ2n) is 6.41. The van der Waals surface area contributed by atoms with Crippen molar-refractivity contribution in [2.45, 2.75) is 64.5 Å². The fraction of sp³-hybridized carbons (Fsp3) is 0.625. The largest absolute Gasteiger partial charge is 0.490 e. The zero-order valence-electron chi connectivity index (χ0n) is 12.0. The molecular weight excluding hydrogens is 222 g/mol. The third-order valence-corrected chi connectivity index (χ3v) is 3.69. The minimum absolute atomic E-state index is 0.117. The number of benzene rings is 1. The molecule has 2 rings (SSSR count). The summed E-state index contributed by atoms with van der Waals surface area (Å²) in [6.07, 6.45) is 3.35. The van der Waals surface area contributed by atoms with Gasteiger partial charge in [-0.2, -0.15) is 0 Å². The third kappa shape index (κ3) is 2.86. The van der Waals surface area contributed by atoms with Crippen LogP contribution in [0.15, 0.2) is 18.2 Å². The molecule has 0 aliphatic heterocycles. The summed E-state index contributed by atoms with van der Waals surface area (Å²) in [5.74, 6) is 1.04. The molecule has 0 amide bonds. The molecule has 0 unspecified atom stereocenters. The SMILES string of the molecule is CCc1ccc(OC2CC(N)C2)c(C(C)(C)C)c1. The summed E-state index contributed by atoms with van der Waals surface area (Å²) in [7, 11) is 0. The summed E-state index contributed by atoms with van der Waals surface area (Å²) in [5.41, 5.74) is 8.61. The van der Waals surface area contributed by atoms with Gasteiger partial charge < -0.3 is 10.5 Å². The molecule has 2 heteroatoms. The zero-order valence-corrected chi connectivity index (χ0v) is 12.0. The molecule has 0 bridgehead atoms. The van der Waals surface area contributed by atoms with E-state index in [-0.39, 0.29) is 5.41 Å². The number of nitrogens with two attached hydrogens (primary N) is 1. The van der Waals surface area contributed by atoms with Gasteiger partial charge in [0.15, 0.2) is 0 Å². The van der Waals surface area contributed by atoms with E-state index in [1.807, 2.05) is 0 Å². The maximum absolute atomic E-state index is 6.10. The summed E-state index contributed by atoms with van der Waals surface area (Å²) >= 11 is 0. The Kier molecular flexibility index (Phi) is 3.67. The smallest absolute Gasteiger partial charge is 0.123 e. The first kappa shape index (κ1) is 13.4. The van der Waals surface area contributed by atoms with Crippen molar-refractivity contribution in [3.05, 3.63) is 29.3 Å². The van der Waals surface area contributed by atoms with Crippen LogP contribution in [0.3, 0.4) is 0 Å². The van der Waals surface area contributed by atoms with Crippen molar-refractivity contribution in [2.75, 3.05) is 0 Å². The highest BCUT2D eigenvalue weighted by molar-refractivity contribution is 5.42. The van der Waals surface area contributed by atoms with Crippen LogP contribution in [0, 0.1) is 0 Å². The van der Waals surface area contributed by atoms with Crippen LogP contribution >= 0.6 is 0 Å². The van der Waals surface area contributed by atoms with E-state index in [1.165, 1.54) is 11.1 Å². The topological polar surface area (TPSA) is 35.2 Å². The van der Waals surface area contributed by atoms with E-state index in [1.54, 1.807) is 0 Å². The molecule has 1 aromatic rings. The molecule has 1 aromatic carbocycles. The van der Waals surface area contributed by atoms with Crippen molar-refractivity contribution < 1.29 is 4.74 Å². The molecule has 0 atom stereocenters. The minimum atomic E-state index is 0.117. The van der Waals surface area contributed by atoms with Gasteiger partial charge in [0.25, 0.3) is 0 Å². The predicted octanol–water partition coefficient (Wildman–Crippen LogP) is 3.42. The Balaban J connectivity index is 2.22. The molecule has 1 aliphatic rings. The first-order chi connectivity index (χ1) is 8.40. The maximum atomic E-state index is 6.10. The van der Waals surface area contributed by atoms with Gasteiger partial charge >= 0.3 is 0 Å². The number of hydrogen-bond acceptors (Lipinski definition) is 2. The molecule has 2 nitrogen and oxygen atoms in total. The van der Waals surface area contributed by atoms with Crippen LogP contribution < -0.4 is 10.5 Å². The van der Waals surface area contributed by atoms with Crippen LogP contribution in [0.2, 0.25) is 0 Å². The second-order valence-corrected chi connectivity index (χ2v) is 6.41. The van der Waals surface area contributed by atoms with E-state index in [2.05, 4.69) is 45.9 Å². The minimum Gasteiger partial charge on any atom is -0.490 e. The van der Waals surface area contributed by atoms with Crippen LogP contribution in [0.4, 0.5) is 0 Å². The summed E-state index contributed by atoms with van der Waals surface area (Å²) in [6.45, 7) is 8.90. The fourth-order valence-electron chi connectivity index (χ4n) is 2.37. The maximum Gasteiger partial charge on any atom is 0.123 e. The van der Waals surface area contributed by atoms with E-state index >= 15 is 0 Å². The van der Waals surface area contributed by atoms with E-state index in [4.69, 9.17) is 10.5 Å². The van der Waals surface area contributed by atoms with Gasteiger partial charge in [-0.3, -0.25) is 0 Å². The van der Waals surface area contributed by atoms with Crippen LogP contribution in [0.1, 0.15) is 51.7 Å². The lowest BCUT2D eigenvalue weighted by Crippen LogP contribution is -2.43. The van der Waals surface area contributed by atoms with Crippen molar-refractivity contribution in [1.29, 1.82) is 0 Å². The molecule has 0 radical (unpaired) electrons. The van der Waals surface area contributed by atoms with Gasteiger partial charge in [0, 0.05) is 6.04 Å². The summed E-state index contributed by atoms with van der Waals surface area (Å²) in [5, 5.41) is 0. The molecule has 100 valence electrons. The molecule has 18 heavy (non-hydrogen) atoms. The lowest BCUT2D eigenvalue weighted by Gasteiger charge is -2.34. The standard InChI is InChI=1S/C16H25NO/c1-5-11-6-7-15(14(8-11)16(2,3)4)18-13-9-12(17)10-13/h6-8,12-13H,5,9-10,17H2,1-4H3. The summed E-state index contributed by atoms with van der Waals surface area (Å²) in [6, 6.07) is 6.92. The Morgan fingerprint density at radius 2 is 1.94 bits per heavy atom. The predicted molar refractivity (Wildman–Crippen MR) is 76.1 cm³/mol. The highest BCUT2D eigenvalue weighted by Crippen LogP contribution is 2.35. The van der Waals surface area contributed by atoms with Gasteiger partial charge in [0.05, 0.1) is 0 Å². The Bertz CT molecular complexity index is 414. The van der Waals surface area contributed by atoms with E-state index in [9.17, 15) is 0 Å². The van der Waals surface area contributed by atoms with Gasteiger partial charge in [-0.25, -0.2) is 0 Å². The quantitative estimate of drug-likeness (QED) is 0.888. The van der Waals surface area contributed by atoms with Gasteiger partial charge in [-0.15, -0.1) is 0 Å². The molecule has 0 aromatic heterocycles. The number of ether oxygens (including phenoxy) is 1. The first-order valence-electron chi connectivity index (χ1n) is 6.95. The number of aryl methyl sites for hydroxylation is 1. The number of hydrogen-bond donors (Lipinski definition) is 1. The highest BCUT2D eigenvalue weighted by atomic mass is 16.5. The van der Waals surface area contributed by atoms with Crippen LogP contribution in [0.25, 0.3) is 0 Å². The Labute approximate surface area is 111 Å². The van der Waals surface area contributed by atoms with E-state index in [0.717, 1.165) is 25.0 Å². The van der Waals surface area contributed by atoms with E-state index < -0.39 is 0 Å². The van der Waals surface area contributed by atoms with Crippen LogP contribution in [-0.2, 0) is 11.8 Å². The average molecular weight is 247 g/mol. The van der Waals surface area contributed by atoms with Crippen molar-refractivity contribution in [1.82, 2.24) is 0 Å². The summed E-state index contributed by atoms with van der Waals surface area (Å²) in [4.78, 5) is 0. The fourth-order valence-corrected chi connectivity index (χ4v) is 2.37.